The number of carboxylic acid groups (broad SMARTS) is 1. The zero-order chi connectivity index (χ0) is 17.4. The average molecular weight is 361 g/mol. The van der Waals surface area contributed by atoms with Crippen molar-refractivity contribution in [3.05, 3.63) is 29.3 Å². The maximum Gasteiger partial charge on any atom is 0.408 e. The molecule has 0 radical (unpaired) electrons. The van der Waals surface area contributed by atoms with Gasteiger partial charge in [-0.05, 0) is 51.5 Å². The van der Waals surface area contributed by atoms with Crippen molar-refractivity contribution in [3.8, 4) is 0 Å². The number of benzene rings is 1. The Bertz CT molecular complexity index is 682. The highest BCUT2D eigenvalue weighted by atomic mass is 35.5. The summed E-state index contributed by atoms with van der Waals surface area (Å²) >= 11 is 5.79. The second-order valence-corrected chi connectivity index (χ2v) is 8.96. The van der Waals surface area contributed by atoms with Gasteiger partial charge in [0.15, 0.2) is 0 Å². The summed E-state index contributed by atoms with van der Waals surface area (Å²) in [6.07, 6.45) is -0.552. The van der Waals surface area contributed by atoms with Gasteiger partial charge in [-0.3, -0.25) is 4.90 Å². The van der Waals surface area contributed by atoms with E-state index in [2.05, 4.69) is 0 Å². The molecule has 0 bridgehead atoms. The fourth-order valence-electron chi connectivity index (χ4n) is 2.89. The zero-order valence-corrected chi connectivity index (χ0v) is 14.9. The van der Waals surface area contributed by atoms with Crippen molar-refractivity contribution >= 4 is 27.7 Å². The Hall–Kier alpha value is -1.31. The van der Waals surface area contributed by atoms with Gasteiger partial charge >= 0.3 is 6.09 Å². The Labute approximate surface area is 141 Å². The molecule has 1 saturated heterocycles. The van der Waals surface area contributed by atoms with Crippen LogP contribution in [0.15, 0.2) is 29.2 Å². The van der Waals surface area contributed by atoms with Gasteiger partial charge in [-0.25, -0.2) is 13.2 Å². The van der Waals surface area contributed by atoms with Crippen LogP contribution in [0.3, 0.4) is 0 Å². The van der Waals surface area contributed by atoms with E-state index in [0.29, 0.717) is 18.0 Å². The third-order valence-corrected chi connectivity index (χ3v) is 6.00. The molecule has 1 amide bonds. The largest absolute Gasteiger partial charge is 0.465 e. The molecule has 1 aromatic carbocycles. The summed E-state index contributed by atoms with van der Waals surface area (Å²) in [4.78, 5) is 13.0. The molecular weight excluding hydrogens is 340 g/mol. The molecule has 1 aliphatic rings. The predicted molar refractivity (Wildman–Crippen MR) is 88.2 cm³/mol. The lowest BCUT2D eigenvalue weighted by Gasteiger charge is -2.37. The van der Waals surface area contributed by atoms with E-state index < -0.39 is 21.7 Å². The minimum Gasteiger partial charge on any atom is -0.465 e. The van der Waals surface area contributed by atoms with E-state index in [1.807, 2.05) is 0 Å². The number of hydrogen-bond acceptors (Lipinski definition) is 3. The van der Waals surface area contributed by atoms with Crippen molar-refractivity contribution in [3.63, 3.8) is 0 Å². The summed E-state index contributed by atoms with van der Waals surface area (Å²) in [7, 11) is -3.64. The lowest BCUT2D eigenvalue weighted by Crippen LogP contribution is -2.52. The Morgan fingerprint density at radius 3 is 2.35 bits per heavy atom. The third-order valence-electron chi connectivity index (χ3n) is 3.87. The maximum absolute atomic E-state index is 12.7. The summed E-state index contributed by atoms with van der Waals surface area (Å²) in [5, 5.41) is 9.91. The first-order chi connectivity index (χ1) is 10.5. The Morgan fingerprint density at radius 2 is 1.87 bits per heavy atom. The van der Waals surface area contributed by atoms with Gasteiger partial charge in [0.05, 0.1) is 10.9 Å². The minimum absolute atomic E-state index is 0.161. The maximum atomic E-state index is 12.7. The van der Waals surface area contributed by atoms with Crippen LogP contribution >= 0.6 is 11.6 Å². The number of sulfonamides is 1. The molecule has 8 heteroatoms. The quantitative estimate of drug-likeness (QED) is 0.899. The third kappa shape index (κ3) is 3.79. The monoisotopic (exact) mass is 360 g/mol. The van der Waals surface area contributed by atoms with Gasteiger partial charge in [-0.1, -0.05) is 11.6 Å². The topological polar surface area (TPSA) is 77.9 Å². The van der Waals surface area contributed by atoms with E-state index in [0.717, 1.165) is 0 Å². The standard InChI is InChI=1S/C15H21ClN2O4S/c1-15(2,3)18(14(19)20)12-8-9-17(10-12)23(21,22)13-6-4-11(16)5-7-13/h4-7,12H,8-10H2,1-3H3,(H,19,20)/t12-/m0/s1. The van der Waals surface area contributed by atoms with E-state index in [-0.39, 0.29) is 17.5 Å². The summed E-state index contributed by atoms with van der Waals surface area (Å²) in [5.74, 6) is 0. The summed E-state index contributed by atoms with van der Waals surface area (Å²) in [5.41, 5.74) is -0.587. The molecule has 6 nitrogen and oxygen atoms in total. The average Bonchev–Trinajstić information content (AvgIpc) is 2.87. The van der Waals surface area contributed by atoms with Crippen LogP contribution in [-0.2, 0) is 10.0 Å². The van der Waals surface area contributed by atoms with Crippen molar-refractivity contribution in [2.24, 2.45) is 0 Å². The molecule has 1 atom stereocenters. The van der Waals surface area contributed by atoms with Crippen molar-refractivity contribution in [1.29, 1.82) is 0 Å². The van der Waals surface area contributed by atoms with Crippen LogP contribution in [-0.4, -0.2) is 53.5 Å². The molecule has 0 unspecified atom stereocenters. The molecular formula is C15H21ClN2O4S. The number of halogens is 1. The Morgan fingerprint density at radius 1 is 1.30 bits per heavy atom. The SMILES string of the molecule is CC(C)(C)N(C(=O)O)[C@H]1CCN(S(=O)(=O)c2ccc(Cl)cc2)C1. The molecule has 1 fully saturated rings. The molecule has 0 saturated carbocycles. The summed E-state index contributed by atoms with van der Waals surface area (Å²) in [6, 6.07) is 5.63. The Balaban J connectivity index is 2.22. The van der Waals surface area contributed by atoms with Crippen molar-refractivity contribution in [2.75, 3.05) is 13.1 Å². The molecule has 23 heavy (non-hydrogen) atoms. The van der Waals surface area contributed by atoms with Gasteiger partial charge in [0.1, 0.15) is 0 Å². The van der Waals surface area contributed by atoms with Crippen LogP contribution in [0.2, 0.25) is 5.02 Å². The number of hydrogen-bond donors (Lipinski definition) is 1. The number of carbonyl (C=O) groups is 1. The molecule has 2 rings (SSSR count). The highest BCUT2D eigenvalue weighted by molar-refractivity contribution is 7.89. The molecule has 0 aromatic heterocycles. The number of rotatable bonds is 3. The highest BCUT2D eigenvalue weighted by Gasteiger charge is 2.40. The van der Waals surface area contributed by atoms with Gasteiger partial charge in [-0.2, -0.15) is 4.31 Å². The van der Waals surface area contributed by atoms with E-state index in [1.165, 1.54) is 33.5 Å². The van der Waals surface area contributed by atoms with Crippen LogP contribution in [0, 0.1) is 0 Å². The normalized spacial score (nSPS) is 19.7. The molecule has 1 heterocycles. The van der Waals surface area contributed by atoms with Gasteiger partial charge < -0.3 is 5.11 Å². The van der Waals surface area contributed by atoms with Gasteiger partial charge in [0.25, 0.3) is 0 Å². The first kappa shape index (κ1) is 18.0. The zero-order valence-electron chi connectivity index (χ0n) is 13.4. The fourth-order valence-corrected chi connectivity index (χ4v) is 4.50. The second kappa shape index (κ2) is 6.30. The second-order valence-electron chi connectivity index (χ2n) is 6.58. The van der Waals surface area contributed by atoms with Crippen LogP contribution < -0.4 is 0 Å². The van der Waals surface area contributed by atoms with Gasteiger partial charge in [0.2, 0.25) is 10.0 Å². The smallest absolute Gasteiger partial charge is 0.408 e. The van der Waals surface area contributed by atoms with Crippen LogP contribution in [0.5, 0.6) is 0 Å². The van der Waals surface area contributed by atoms with Crippen molar-refractivity contribution in [1.82, 2.24) is 9.21 Å². The number of amides is 1. The molecule has 1 aromatic rings. The van der Waals surface area contributed by atoms with Crippen LogP contribution in [0.25, 0.3) is 0 Å². The molecule has 0 spiro atoms. The van der Waals surface area contributed by atoms with E-state index in [4.69, 9.17) is 11.6 Å². The van der Waals surface area contributed by atoms with Crippen LogP contribution in [0.1, 0.15) is 27.2 Å². The predicted octanol–water partition coefficient (Wildman–Crippen LogP) is 2.88. The van der Waals surface area contributed by atoms with Gasteiger partial charge in [0, 0.05) is 23.7 Å². The van der Waals surface area contributed by atoms with E-state index in [1.54, 1.807) is 20.8 Å². The fraction of sp³-hybridized carbons (Fsp3) is 0.533. The van der Waals surface area contributed by atoms with Gasteiger partial charge in [-0.15, -0.1) is 0 Å². The summed E-state index contributed by atoms with van der Waals surface area (Å²) < 4.78 is 26.6. The molecule has 128 valence electrons. The van der Waals surface area contributed by atoms with Crippen molar-refractivity contribution < 1.29 is 18.3 Å². The lowest BCUT2D eigenvalue weighted by molar-refractivity contribution is 0.0742. The highest BCUT2D eigenvalue weighted by Crippen LogP contribution is 2.28. The van der Waals surface area contributed by atoms with Crippen LogP contribution in [0.4, 0.5) is 4.79 Å². The lowest BCUT2D eigenvalue weighted by atomic mass is 10.0. The minimum atomic E-state index is -3.64. The van der Waals surface area contributed by atoms with E-state index in [9.17, 15) is 18.3 Å². The molecule has 0 aliphatic carbocycles. The first-order valence-electron chi connectivity index (χ1n) is 7.31. The molecule has 1 N–H and O–H groups in total. The van der Waals surface area contributed by atoms with Crippen molar-refractivity contribution in [2.45, 2.75) is 43.7 Å². The number of nitrogens with zero attached hydrogens (tertiary/aromatic N) is 2. The first-order valence-corrected chi connectivity index (χ1v) is 9.13. The molecule has 1 aliphatic heterocycles. The van der Waals surface area contributed by atoms with E-state index >= 15 is 0 Å². The Kier molecular flexibility index (Phi) is 4.94. The summed E-state index contributed by atoms with van der Waals surface area (Å²) in [6.45, 7) is 5.87.